The van der Waals surface area contributed by atoms with Crippen LogP contribution in [-0.2, 0) is 0 Å². The summed E-state index contributed by atoms with van der Waals surface area (Å²) in [6, 6.07) is 22.5. The van der Waals surface area contributed by atoms with Crippen LogP contribution in [-0.4, -0.2) is 0 Å². The van der Waals surface area contributed by atoms with Crippen molar-refractivity contribution in [1.82, 2.24) is 0 Å². The van der Waals surface area contributed by atoms with Crippen molar-refractivity contribution in [3.8, 4) is 0 Å². The lowest BCUT2D eigenvalue weighted by Crippen LogP contribution is -2.14. The molecule has 1 aliphatic carbocycles. The average molecular weight is 350 g/mol. The van der Waals surface area contributed by atoms with Gasteiger partial charge in [0.2, 0.25) is 0 Å². The van der Waals surface area contributed by atoms with Crippen molar-refractivity contribution in [2.24, 2.45) is 5.92 Å². The predicted octanol–water partition coefficient (Wildman–Crippen LogP) is 6.77. The third-order valence-corrected chi connectivity index (χ3v) is 7.69. The lowest BCUT2D eigenvalue weighted by Gasteiger charge is -2.26. The van der Waals surface area contributed by atoms with Gasteiger partial charge in [0.15, 0.2) is 0 Å². The van der Waals surface area contributed by atoms with Gasteiger partial charge in [-0.05, 0) is 61.9 Å². The number of allylic oxidation sites excluding steroid dienone is 2. The topological polar surface area (TPSA) is 0 Å². The Labute approximate surface area is 155 Å². The molecule has 0 saturated heterocycles. The Bertz CT molecular complexity index is 628. The van der Waals surface area contributed by atoms with E-state index in [4.69, 9.17) is 0 Å². The Kier molecular flexibility index (Phi) is 6.88. The zero-order chi connectivity index (χ0) is 17.5. The van der Waals surface area contributed by atoms with Crippen molar-refractivity contribution >= 4 is 18.5 Å². The molecule has 1 saturated carbocycles. The summed E-state index contributed by atoms with van der Waals surface area (Å²) >= 11 is 0. The van der Waals surface area contributed by atoms with E-state index in [2.05, 4.69) is 74.5 Å². The molecule has 3 rings (SSSR count). The molecule has 0 atom stereocenters. The van der Waals surface area contributed by atoms with E-state index in [9.17, 15) is 0 Å². The van der Waals surface area contributed by atoms with E-state index in [0.717, 1.165) is 5.92 Å². The molecule has 2 aromatic carbocycles. The maximum Gasteiger partial charge on any atom is -0.0154 e. The van der Waals surface area contributed by atoms with Gasteiger partial charge in [-0.2, -0.15) is 0 Å². The van der Waals surface area contributed by atoms with Crippen molar-refractivity contribution in [2.75, 3.05) is 0 Å². The minimum absolute atomic E-state index is 0.394. The second-order valence-electron chi connectivity index (χ2n) is 7.20. The first-order chi connectivity index (χ1) is 12.3. The summed E-state index contributed by atoms with van der Waals surface area (Å²) in [5.74, 6) is 0.969. The summed E-state index contributed by atoms with van der Waals surface area (Å²) in [5, 5.41) is 4.79. The Morgan fingerprint density at radius 1 is 0.800 bits per heavy atom. The van der Waals surface area contributed by atoms with Gasteiger partial charge >= 0.3 is 0 Å². The van der Waals surface area contributed by atoms with E-state index in [0.29, 0.717) is 0 Å². The molecule has 0 unspecified atom stereocenters. The average Bonchev–Trinajstić information content (AvgIpc) is 3.47. The molecular weight excluding hydrogens is 319 g/mol. The highest BCUT2D eigenvalue weighted by atomic mass is 31.1. The molecule has 0 heterocycles. The van der Waals surface area contributed by atoms with Gasteiger partial charge in [-0.3, -0.25) is 0 Å². The van der Waals surface area contributed by atoms with E-state index >= 15 is 0 Å². The first kappa shape index (κ1) is 18.4. The van der Waals surface area contributed by atoms with Crippen LogP contribution in [0.25, 0.3) is 0 Å². The number of rotatable bonds is 9. The highest BCUT2D eigenvalue weighted by Crippen LogP contribution is 2.50. The van der Waals surface area contributed by atoms with Gasteiger partial charge in [0.25, 0.3) is 0 Å². The van der Waals surface area contributed by atoms with E-state index in [1.807, 2.05) is 0 Å². The van der Waals surface area contributed by atoms with Gasteiger partial charge in [-0.1, -0.05) is 92.9 Å². The molecule has 0 amide bonds. The molecular formula is C24H31P. The fourth-order valence-electron chi connectivity index (χ4n) is 3.63. The van der Waals surface area contributed by atoms with Gasteiger partial charge in [-0.25, -0.2) is 0 Å². The molecule has 1 aliphatic rings. The third-order valence-electron chi connectivity index (χ3n) is 4.98. The molecule has 132 valence electrons. The van der Waals surface area contributed by atoms with Crippen molar-refractivity contribution in [1.29, 1.82) is 0 Å². The van der Waals surface area contributed by atoms with Crippen LogP contribution < -0.4 is 10.6 Å². The van der Waals surface area contributed by atoms with Crippen molar-refractivity contribution in [3.05, 3.63) is 71.6 Å². The van der Waals surface area contributed by atoms with Crippen LogP contribution in [0.4, 0.5) is 0 Å². The highest BCUT2D eigenvalue weighted by Gasteiger charge is 2.26. The third kappa shape index (κ3) is 5.05. The van der Waals surface area contributed by atoms with Gasteiger partial charge in [0.05, 0.1) is 0 Å². The van der Waals surface area contributed by atoms with Crippen molar-refractivity contribution in [2.45, 2.75) is 58.8 Å². The van der Waals surface area contributed by atoms with E-state index in [1.54, 1.807) is 10.9 Å². The molecule has 0 aromatic heterocycles. The van der Waals surface area contributed by atoms with Crippen LogP contribution in [0.1, 0.15) is 58.8 Å². The maximum absolute atomic E-state index is 2.34. The van der Waals surface area contributed by atoms with Crippen LogP contribution in [0.5, 0.6) is 0 Å². The van der Waals surface area contributed by atoms with E-state index in [1.165, 1.54) is 55.6 Å². The molecule has 0 spiro atoms. The summed E-state index contributed by atoms with van der Waals surface area (Å²) in [5.41, 5.74) is 1.78. The minimum atomic E-state index is -0.394. The largest absolute Gasteiger partial charge is 0.0656 e. The van der Waals surface area contributed by atoms with Gasteiger partial charge in [0, 0.05) is 0 Å². The molecule has 2 aromatic rings. The molecule has 0 bridgehead atoms. The number of hydrogen-bond donors (Lipinski definition) is 0. The normalized spacial score (nSPS) is 15.3. The standard InChI is InChI=1S/C24H31P/c1-3-11-21(19-20-17-18-20)24(12-4-2)25(22-13-7-5-8-14-22)23-15-9-6-10-16-23/h5-10,13-16,20H,3-4,11-12,17-19H2,1-2H3/b24-21-. The Balaban J connectivity index is 2.08. The first-order valence-corrected chi connectivity index (χ1v) is 11.3. The molecule has 0 N–H and O–H groups in total. The Morgan fingerprint density at radius 2 is 1.32 bits per heavy atom. The van der Waals surface area contributed by atoms with Gasteiger partial charge in [-0.15, -0.1) is 0 Å². The first-order valence-electron chi connectivity index (χ1n) is 9.94. The molecule has 1 heteroatoms. The number of hydrogen-bond acceptors (Lipinski definition) is 0. The SMILES string of the molecule is CCC/C(CC1CC1)=C(\CCC)P(c1ccccc1)c1ccccc1. The van der Waals surface area contributed by atoms with Crippen LogP contribution in [0.2, 0.25) is 0 Å². The summed E-state index contributed by atoms with van der Waals surface area (Å²) in [6.45, 7) is 4.67. The zero-order valence-corrected chi connectivity index (χ0v) is 16.6. The van der Waals surface area contributed by atoms with Crippen LogP contribution in [0.15, 0.2) is 71.6 Å². The highest BCUT2D eigenvalue weighted by molar-refractivity contribution is 7.76. The fourth-order valence-corrected chi connectivity index (χ4v) is 6.46. The van der Waals surface area contributed by atoms with Crippen molar-refractivity contribution < 1.29 is 0 Å². The quantitative estimate of drug-likeness (QED) is 0.438. The van der Waals surface area contributed by atoms with E-state index in [-0.39, 0.29) is 0 Å². The van der Waals surface area contributed by atoms with Crippen LogP contribution in [0.3, 0.4) is 0 Å². The van der Waals surface area contributed by atoms with Gasteiger partial charge < -0.3 is 0 Å². The molecule has 0 radical (unpaired) electrons. The lowest BCUT2D eigenvalue weighted by molar-refractivity contribution is 0.740. The monoisotopic (exact) mass is 350 g/mol. The zero-order valence-electron chi connectivity index (χ0n) is 15.7. The summed E-state index contributed by atoms with van der Waals surface area (Å²) in [6.07, 6.45) is 9.28. The summed E-state index contributed by atoms with van der Waals surface area (Å²) in [7, 11) is -0.394. The minimum Gasteiger partial charge on any atom is -0.0656 e. The Morgan fingerprint density at radius 3 is 1.76 bits per heavy atom. The molecule has 1 fully saturated rings. The van der Waals surface area contributed by atoms with Crippen LogP contribution in [0, 0.1) is 5.92 Å². The lowest BCUT2D eigenvalue weighted by atomic mass is 10.0. The number of benzene rings is 2. The van der Waals surface area contributed by atoms with Crippen LogP contribution >= 0.6 is 7.92 Å². The smallest absolute Gasteiger partial charge is 0.0154 e. The second kappa shape index (κ2) is 9.35. The maximum atomic E-state index is 2.34. The predicted molar refractivity (Wildman–Crippen MR) is 113 cm³/mol. The van der Waals surface area contributed by atoms with E-state index < -0.39 is 7.92 Å². The second-order valence-corrected chi connectivity index (χ2v) is 9.45. The Hall–Kier alpha value is -1.39. The van der Waals surface area contributed by atoms with Crippen molar-refractivity contribution in [3.63, 3.8) is 0 Å². The summed E-state index contributed by atoms with van der Waals surface area (Å²) in [4.78, 5) is 0. The molecule has 0 nitrogen and oxygen atoms in total. The summed E-state index contributed by atoms with van der Waals surface area (Å²) < 4.78 is 0. The fraction of sp³-hybridized carbons (Fsp3) is 0.417. The van der Waals surface area contributed by atoms with Gasteiger partial charge in [0.1, 0.15) is 0 Å². The molecule has 25 heavy (non-hydrogen) atoms. The molecule has 0 aliphatic heterocycles.